The van der Waals surface area contributed by atoms with Gasteiger partial charge in [-0.1, -0.05) is 6.42 Å². The Kier molecular flexibility index (Phi) is 2.98. The zero-order valence-electron chi connectivity index (χ0n) is 13.3. The second-order valence-electron chi connectivity index (χ2n) is 6.64. The number of fused-ring (bicyclic) bond motifs is 2. The van der Waals surface area contributed by atoms with E-state index in [4.69, 9.17) is 4.42 Å². The molecule has 24 heavy (non-hydrogen) atoms. The fourth-order valence-electron chi connectivity index (χ4n) is 3.45. The molecule has 3 aromatic heterocycles. The quantitative estimate of drug-likeness (QED) is 0.728. The molecule has 122 valence electrons. The molecular weight excluding hydrogens is 304 g/mol. The molecule has 1 fully saturated rings. The Morgan fingerprint density at radius 1 is 1.29 bits per heavy atom. The van der Waals surface area contributed by atoms with Crippen LogP contribution in [0.4, 0.5) is 0 Å². The summed E-state index contributed by atoms with van der Waals surface area (Å²) >= 11 is 0. The van der Waals surface area contributed by atoms with Crippen LogP contribution in [-0.2, 0) is 13.0 Å². The summed E-state index contributed by atoms with van der Waals surface area (Å²) < 4.78 is 7.80. The van der Waals surface area contributed by atoms with Crippen molar-refractivity contribution in [3.05, 3.63) is 53.6 Å². The molecule has 0 unspecified atom stereocenters. The molecule has 0 atom stereocenters. The van der Waals surface area contributed by atoms with Gasteiger partial charge in [0.1, 0.15) is 17.1 Å². The van der Waals surface area contributed by atoms with Gasteiger partial charge in [0.05, 0.1) is 12.1 Å². The Hall–Kier alpha value is -2.63. The number of imidazole rings is 1. The van der Waals surface area contributed by atoms with Crippen molar-refractivity contribution < 1.29 is 9.21 Å². The third-order valence-electron chi connectivity index (χ3n) is 5.12. The van der Waals surface area contributed by atoms with Gasteiger partial charge in [-0.2, -0.15) is 0 Å². The van der Waals surface area contributed by atoms with Gasteiger partial charge in [-0.15, -0.1) is 0 Å². The number of pyridine rings is 1. The predicted molar refractivity (Wildman–Crippen MR) is 86.7 cm³/mol. The highest BCUT2D eigenvalue weighted by Gasteiger charge is 2.30. The van der Waals surface area contributed by atoms with Crippen LogP contribution in [0.15, 0.2) is 35.1 Å². The molecule has 1 aliphatic carbocycles. The van der Waals surface area contributed by atoms with Crippen LogP contribution < -0.4 is 0 Å². The van der Waals surface area contributed by atoms with Crippen LogP contribution in [0.1, 0.15) is 52.9 Å². The summed E-state index contributed by atoms with van der Waals surface area (Å²) in [6.45, 7) is 1.21. The molecule has 4 heterocycles. The summed E-state index contributed by atoms with van der Waals surface area (Å²) in [5.41, 5.74) is 2.45. The molecule has 6 nitrogen and oxygen atoms in total. The maximum Gasteiger partial charge on any atom is 0.255 e. The van der Waals surface area contributed by atoms with Gasteiger partial charge in [-0.05, 0) is 25.0 Å². The largest absolute Gasteiger partial charge is 0.445 e. The van der Waals surface area contributed by atoms with Gasteiger partial charge in [0.15, 0.2) is 5.89 Å². The van der Waals surface area contributed by atoms with Crippen LogP contribution in [0.25, 0.3) is 5.65 Å². The molecule has 6 heteroatoms. The smallest absolute Gasteiger partial charge is 0.255 e. The Bertz CT molecular complexity index is 922. The highest BCUT2D eigenvalue weighted by atomic mass is 16.4. The summed E-state index contributed by atoms with van der Waals surface area (Å²) in [7, 11) is 0. The SMILES string of the molecule is O=C(c1ccc2nccn2c1)N1CCc2oc(C3CCC3)nc2C1. The van der Waals surface area contributed by atoms with Crippen LogP contribution in [-0.4, -0.2) is 31.7 Å². The molecule has 0 radical (unpaired) electrons. The number of aromatic nitrogens is 3. The highest BCUT2D eigenvalue weighted by Crippen LogP contribution is 2.37. The third-order valence-corrected chi connectivity index (χ3v) is 5.12. The molecule has 0 saturated heterocycles. The number of carbonyl (C=O) groups is 1. The lowest BCUT2D eigenvalue weighted by Crippen LogP contribution is -2.35. The van der Waals surface area contributed by atoms with E-state index >= 15 is 0 Å². The number of carbonyl (C=O) groups excluding carboxylic acids is 1. The molecule has 0 N–H and O–H groups in total. The first-order valence-corrected chi connectivity index (χ1v) is 8.48. The first-order valence-electron chi connectivity index (χ1n) is 8.48. The molecule has 3 aromatic rings. The minimum Gasteiger partial charge on any atom is -0.445 e. The van der Waals surface area contributed by atoms with Crippen molar-refractivity contribution in [1.29, 1.82) is 0 Å². The van der Waals surface area contributed by atoms with Crippen molar-refractivity contribution in [2.75, 3.05) is 6.54 Å². The number of rotatable bonds is 2. The van der Waals surface area contributed by atoms with Crippen LogP contribution >= 0.6 is 0 Å². The Balaban J connectivity index is 1.39. The number of amides is 1. The summed E-state index contributed by atoms with van der Waals surface area (Å²) in [4.78, 5) is 23.5. The van der Waals surface area contributed by atoms with Crippen LogP contribution in [0.2, 0.25) is 0 Å². The van der Waals surface area contributed by atoms with Gasteiger partial charge in [0.25, 0.3) is 5.91 Å². The fourth-order valence-corrected chi connectivity index (χ4v) is 3.45. The normalized spacial score (nSPS) is 17.8. The number of oxazole rings is 1. The topological polar surface area (TPSA) is 63.6 Å². The number of hydrogen-bond acceptors (Lipinski definition) is 4. The van der Waals surface area contributed by atoms with Crippen molar-refractivity contribution >= 4 is 11.6 Å². The van der Waals surface area contributed by atoms with Crippen LogP contribution in [0.3, 0.4) is 0 Å². The lowest BCUT2D eigenvalue weighted by molar-refractivity contribution is 0.0727. The highest BCUT2D eigenvalue weighted by molar-refractivity contribution is 5.94. The van der Waals surface area contributed by atoms with Gasteiger partial charge < -0.3 is 13.7 Å². The molecule has 0 spiro atoms. The molecule has 0 bridgehead atoms. The van der Waals surface area contributed by atoms with E-state index in [9.17, 15) is 4.79 Å². The minimum absolute atomic E-state index is 0.0319. The average Bonchev–Trinajstić information content (AvgIpc) is 3.17. The first kappa shape index (κ1) is 13.8. The van der Waals surface area contributed by atoms with E-state index in [1.165, 1.54) is 19.3 Å². The molecule has 2 aliphatic rings. The lowest BCUT2D eigenvalue weighted by atomic mass is 9.85. The Morgan fingerprint density at radius 2 is 2.21 bits per heavy atom. The fraction of sp³-hybridized carbons (Fsp3) is 0.389. The van der Waals surface area contributed by atoms with Crippen LogP contribution in [0.5, 0.6) is 0 Å². The maximum atomic E-state index is 12.8. The van der Waals surface area contributed by atoms with E-state index in [1.807, 2.05) is 33.8 Å². The van der Waals surface area contributed by atoms with Gasteiger partial charge in [-0.25, -0.2) is 9.97 Å². The molecule has 1 aliphatic heterocycles. The van der Waals surface area contributed by atoms with Gasteiger partial charge in [0, 0.05) is 37.5 Å². The predicted octanol–water partition coefficient (Wildman–Crippen LogP) is 2.79. The molecule has 1 amide bonds. The van der Waals surface area contributed by atoms with Gasteiger partial charge >= 0.3 is 0 Å². The zero-order chi connectivity index (χ0) is 16.1. The molecule has 5 rings (SSSR count). The second kappa shape index (κ2) is 5.19. The second-order valence-corrected chi connectivity index (χ2v) is 6.64. The van der Waals surface area contributed by atoms with E-state index in [2.05, 4.69) is 9.97 Å². The van der Waals surface area contributed by atoms with Crippen molar-refractivity contribution in [3.8, 4) is 0 Å². The van der Waals surface area contributed by atoms with Crippen molar-refractivity contribution in [2.45, 2.75) is 38.1 Å². The van der Waals surface area contributed by atoms with E-state index in [1.54, 1.807) is 6.20 Å². The Morgan fingerprint density at radius 3 is 3.04 bits per heavy atom. The van der Waals surface area contributed by atoms with Gasteiger partial charge in [0.2, 0.25) is 0 Å². The summed E-state index contributed by atoms with van der Waals surface area (Å²) in [5.74, 6) is 2.36. The molecule has 1 saturated carbocycles. The maximum absolute atomic E-state index is 12.8. The van der Waals surface area contributed by atoms with Gasteiger partial charge in [-0.3, -0.25) is 4.79 Å². The van der Waals surface area contributed by atoms with E-state index < -0.39 is 0 Å². The number of nitrogens with zero attached hydrogens (tertiary/aromatic N) is 4. The zero-order valence-corrected chi connectivity index (χ0v) is 13.3. The van der Waals surface area contributed by atoms with E-state index in [0.717, 1.165) is 29.4 Å². The lowest BCUT2D eigenvalue weighted by Gasteiger charge is -2.25. The first-order chi connectivity index (χ1) is 11.8. The summed E-state index contributed by atoms with van der Waals surface area (Å²) in [5, 5.41) is 0. The minimum atomic E-state index is 0.0319. The monoisotopic (exact) mass is 322 g/mol. The van der Waals surface area contributed by atoms with Crippen molar-refractivity contribution in [2.24, 2.45) is 0 Å². The van der Waals surface area contributed by atoms with Crippen molar-refractivity contribution in [1.82, 2.24) is 19.3 Å². The standard InChI is InChI=1S/C18H18N4O2/c23-18(13-4-5-16-19-7-9-21(16)10-13)22-8-6-15-14(11-22)20-17(24-15)12-2-1-3-12/h4-5,7,9-10,12H,1-3,6,8,11H2. The summed E-state index contributed by atoms with van der Waals surface area (Å²) in [6.07, 6.45) is 9.77. The number of hydrogen-bond donors (Lipinski definition) is 0. The third kappa shape index (κ3) is 2.13. The van der Waals surface area contributed by atoms with E-state index in [-0.39, 0.29) is 5.91 Å². The molecular formula is C18H18N4O2. The average molecular weight is 322 g/mol. The van der Waals surface area contributed by atoms with Crippen molar-refractivity contribution in [3.63, 3.8) is 0 Å². The summed E-state index contributed by atoms with van der Waals surface area (Å²) in [6, 6.07) is 3.70. The Labute approximate surface area is 139 Å². The molecule has 0 aromatic carbocycles. The van der Waals surface area contributed by atoms with E-state index in [0.29, 0.717) is 24.6 Å². The van der Waals surface area contributed by atoms with Crippen LogP contribution in [0, 0.1) is 0 Å².